The Morgan fingerprint density at radius 3 is 2.08 bits per heavy atom. The molecule has 4 atom stereocenters. The fraction of sp³-hybridized carbons (Fsp3) is 0.364. The van der Waals surface area contributed by atoms with E-state index < -0.39 is 0 Å². The van der Waals surface area contributed by atoms with E-state index in [1.54, 1.807) is 0 Å². The van der Waals surface area contributed by atoms with Crippen molar-refractivity contribution in [3.63, 3.8) is 0 Å². The van der Waals surface area contributed by atoms with Gasteiger partial charge in [0.15, 0.2) is 0 Å². The number of rotatable bonds is 4. The molecule has 2 saturated heterocycles. The van der Waals surface area contributed by atoms with Gasteiger partial charge in [-0.25, -0.2) is 4.90 Å². The number of carbonyl (C=O) groups excluding carboxylic acids is 2. The van der Waals surface area contributed by atoms with Gasteiger partial charge in [0.25, 0.3) is 0 Å². The van der Waals surface area contributed by atoms with Crippen molar-refractivity contribution in [2.45, 2.75) is 32.4 Å². The molecule has 2 aromatic rings. The molecule has 2 aliphatic heterocycles. The molecule has 2 fully saturated rings. The van der Waals surface area contributed by atoms with Crippen LogP contribution in [0.3, 0.4) is 0 Å². The van der Waals surface area contributed by atoms with Crippen LogP contribution in [0.4, 0.5) is 5.69 Å². The van der Waals surface area contributed by atoms with Crippen LogP contribution in [-0.2, 0) is 9.59 Å². The van der Waals surface area contributed by atoms with Crippen molar-refractivity contribution in [2.75, 3.05) is 4.90 Å². The van der Waals surface area contributed by atoms with Crippen LogP contribution in [0.1, 0.15) is 31.9 Å². The number of nitrogens with one attached hydrogen (secondary N) is 1. The van der Waals surface area contributed by atoms with E-state index in [-0.39, 0.29) is 35.7 Å². The molecule has 2 amide bonds. The molecule has 4 nitrogen and oxygen atoms in total. The first-order valence-electron chi connectivity index (χ1n) is 9.32. The molecule has 0 aromatic heterocycles. The standard InChI is InChI=1S/C22H24N2O2/c1-14(2)13-17-18-19(20(23-17)15-9-5-3-6-10-15)22(26)24(21(18)25)16-11-7-4-8-12-16/h3-12,14,17-20,23H,13H2,1-2H3/t17-,18-,19+,20+/m1/s1. The lowest BCUT2D eigenvalue weighted by molar-refractivity contribution is -0.123. The summed E-state index contributed by atoms with van der Waals surface area (Å²) in [5, 5.41) is 3.61. The van der Waals surface area contributed by atoms with Crippen LogP contribution >= 0.6 is 0 Å². The summed E-state index contributed by atoms with van der Waals surface area (Å²) in [5.41, 5.74) is 1.75. The van der Waals surface area contributed by atoms with Crippen molar-refractivity contribution in [1.82, 2.24) is 5.32 Å². The first kappa shape index (κ1) is 17.0. The number of carbonyl (C=O) groups is 2. The Hall–Kier alpha value is -2.46. The van der Waals surface area contributed by atoms with Crippen LogP contribution in [0.25, 0.3) is 0 Å². The minimum absolute atomic E-state index is 0.0235. The highest BCUT2D eigenvalue weighted by molar-refractivity contribution is 6.22. The smallest absolute Gasteiger partial charge is 0.239 e. The van der Waals surface area contributed by atoms with Crippen molar-refractivity contribution in [3.8, 4) is 0 Å². The van der Waals surface area contributed by atoms with Gasteiger partial charge in [-0.3, -0.25) is 9.59 Å². The zero-order valence-corrected chi connectivity index (χ0v) is 15.1. The molecule has 1 N–H and O–H groups in total. The van der Waals surface area contributed by atoms with Crippen LogP contribution in [-0.4, -0.2) is 17.9 Å². The lowest BCUT2D eigenvalue weighted by atomic mass is 9.84. The third-order valence-electron chi connectivity index (χ3n) is 5.48. The lowest BCUT2D eigenvalue weighted by Gasteiger charge is -2.23. The Kier molecular flexibility index (Phi) is 4.37. The van der Waals surface area contributed by atoms with Crippen LogP contribution < -0.4 is 10.2 Å². The van der Waals surface area contributed by atoms with E-state index in [0.717, 1.165) is 12.0 Å². The molecule has 0 radical (unpaired) electrons. The maximum absolute atomic E-state index is 13.3. The van der Waals surface area contributed by atoms with E-state index in [9.17, 15) is 9.59 Å². The molecule has 0 spiro atoms. The van der Waals surface area contributed by atoms with Crippen LogP contribution in [0.5, 0.6) is 0 Å². The Morgan fingerprint density at radius 2 is 1.46 bits per heavy atom. The van der Waals surface area contributed by atoms with E-state index in [2.05, 4.69) is 19.2 Å². The molecule has 2 aliphatic rings. The highest BCUT2D eigenvalue weighted by atomic mass is 16.2. The van der Waals surface area contributed by atoms with Gasteiger partial charge in [0.05, 0.1) is 17.5 Å². The van der Waals surface area contributed by atoms with Gasteiger partial charge in [0.2, 0.25) is 11.8 Å². The average Bonchev–Trinajstić information content (AvgIpc) is 3.13. The zero-order valence-electron chi connectivity index (χ0n) is 15.1. The normalized spacial score (nSPS) is 28.0. The molecule has 2 aromatic carbocycles. The second kappa shape index (κ2) is 6.69. The number of para-hydroxylation sites is 1. The molecule has 4 rings (SSSR count). The number of hydrogen-bond acceptors (Lipinski definition) is 3. The largest absolute Gasteiger partial charge is 0.306 e. The molecular weight excluding hydrogens is 324 g/mol. The van der Waals surface area contributed by atoms with Gasteiger partial charge < -0.3 is 5.32 Å². The summed E-state index contributed by atoms with van der Waals surface area (Å²) in [6.45, 7) is 4.31. The summed E-state index contributed by atoms with van der Waals surface area (Å²) >= 11 is 0. The van der Waals surface area contributed by atoms with Crippen molar-refractivity contribution in [3.05, 3.63) is 66.2 Å². The third-order valence-corrected chi connectivity index (χ3v) is 5.48. The third kappa shape index (κ3) is 2.74. The van der Waals surface area contributed by atoms with E-state index in [0.29, 0.717) is 11.6 Å². The summed E-state index contributed by atoms with van der Waals surface area (Å²) in [5.74, 6) is -0.331. The van der Waals surface area contributed by atoms with Crippen LogP contribution in [0.15, 0.2) is 60.7 Å². The summed E-state index contributed by atoms with van der Waals surface area (Å²) in [6.07, 6.45) is 0.881. The zero-order chi connectivity index (χ0) is 18.3. The quantitative estimate of drug-likeness (QED) is 0.860. The van der Waals surface area contributed by atoms with Gasteiger partial charge in [-0.05, 0) is 30.0 Å². The number of hydrogen-bond donors (Lipinski definition) is 1. The number of benzene rings is 2. The fourth-order valence-electron chi connectivity index (χ4n) is 4.44. The maximum Gasteiger partial charge on any atom is 0.239 e. The molecule has 4 heteroatoms. The number of amides is 2. The SMILES string of the molecule is CC(C)C[C@H]1N[C@@H](c2ccccc2)[C@H]2C(=O)N(c3ccccc3)C(=O)[C@@H]21. The van der Waals surface area contributed by atoms with Gasteiger partial charge in [0, 0.05) is 12.1 Å². The molecule has 0 saturated carbocycles. The molecule has 0 bridgehead atoms. The van der Waals surface area contributed by atoms with Gasteiger partial charge in [0.1, 0.15) is 0 Å². The Morgan fingerprint density at radius 1 is 0.885 bits per heavy atom. The van der Waals surface area contributed by atoms with Crippen LogP contribution in [0.2, 0.25) is 0 Å². The number of imide groups is 1. The monoisotopic (exact) mass is 348 g/mol. The summed E-state index contributed by atoms with van der Waals surface area (Å²) in [7, 11) is 0. The minimum atomic E-state index is -0.339. The summed E-state index contributed by atoms with van der Waals surface area (Å²) < 4.78 is 0. The second-order valence-electron chi connectivity index (χ2n) is 7.69. The first-order valence-corrected chi connectivity index (χ1v) is 9.32. The minimum Gasteiger partial charge on any atom is -0.306 e. The van der Waals surface area contributed by atoms with Crippen molar-refractivity contribution >= 4 is 17.5 Å². The Bertz CT molecular complexity index is 803. The van der Waals surface area contributed by atoms with E-state index in [1.165, 1.54) is 4.90 Å². The lowest BCUT2D eigenvalue weighted by Crippen LogP contribution is -2.40. The van der Waals surface area contributed by atoms with E-state index in [1.807, 2.05) is 60.7 Å². The van der Waals surface area contributed by atoms with Gasteiger partial charge in [-0.15, -0.1) is 0 Å². The van der Waals surface area contributed by atoms with Gasteiger partial charge >= 0.3 is 0 Å². The average molecular weight is 348 g/mol. The molecular formula is C22H24N2O2. The van der Waals surface area contributed by atoms with Crippen molar-refractivity contribution in [1.29, 1.82) is 0 Å². The highest BCUT2D eigenvalue weighted by Gasteiger charge is 2.59. The van der Waals surface area contributed by atoms with E-state index in [4.69, 9.17) is 0 Å². The molecule has 2 heterocycles. The molecule has 26 heavy (non-hydrogen) atoms. The van der Waals surface area contributed by atoms with Gasteiger partial charge in [-0.1, -0.05) is 62.4 Å². The van der Waals surface area contributed by atoms with Crippen LogP contribution in [0, 0.1) is 17.8 Å². The van der Waals surface area contributed by atoms with Crippen molar-refractivity contribution < 1.29 is 9.59 Å². The fourth-order valence-corrected chi connectivity index (χ4v) is 4.44. The van der Waals surface area contributed by atoms with E-state index >= 15 is 0 Å². The molecule has 134 valence electrons. The molecule has 0 unspecified atom stereocenters. The first-order chi connectivity index (χ1) is 12.6. The Labute approximate surface area is 154 Å². The highest BCUT2D eigenvalue weighted by Crippen LogP contribution is 2.46. The Balaban J connectivity index is 1.74. The second-order valence-corrected chi connectivity index (χ2v) is 7.69. The number of anilines is 1. The predicted molar refractivity (Wildman–Crippen MR) is 101 cm³/mol. The molecule has 0 aliphatic carbocycles. The topological polar surface area (TPSA) is 49.4 Å². The van der Waals surface area contributed by atoms with Crippen molar-refractivity contribution in [2.24, 2.45) is 17.8 Å². The summed E-state index contributed by atoms with van der Waals surface area (Å²) in [6, 6.07) is 19.2. The predicted octanol–water partition coefficient (Wildman–Crippen LogP) is 3.55. The maximum atomic E-state index is 13.3. The summed E-state index contributed by atoms with van der Waals surface area (Å²) in [4.78, 5) is 27.9. The number of fused-ring (bicyclic) bond motifs is 1. The number of nitrogens with zero attached hydrogens (tertiary/aromatic N) is 1. The van der Waals surface area contributed by atoms with Gasteiger partial charge in [-0.2, -0.15) is 0 Å².